The molecule has 0 aromatic heterocycles. The highest BCUT2D eigenvalue weighted by molar-refractivity contribution is 9.10. The summed E-state index contributed by atoms with van der Waals surface area (Å²) in [6.07, 6.45) is -2.53. The molecule has 0 atom stereocenters. The van der Waals surface area contributed by atoms with Crippen molar-refractivity contribution in [2.24, 2.45) is 5.73 Å². The summed E-state index contributed by atoms with van der Waals surface area (Å²) in [5.74, 6) is -0.331. The predicted molar refractivity (Wildman–Crippen MR) is 80.1 cm³/mol. The highest BCUT2D eigenvalue weighted by Gasteiger charge is 2.08. The number of carbonyl (C=O) groups excluding carboxylic acids is 1. The van der Waals surface area contributed by atoms with Gasteiger partial charge in [0.15, 0.2) is 0 Å². The van der Waals surface area contributed by atoms with Crippen LogP contribution in [0.4, 0.5) is 14.5 Å². The average Bonchev–Trinajstić information content (AvgIpc) is 2.36. The van der Waals surface area contributed by atoms with Gasteiger partial charge in [-0.25, -0.2) is 8.78 Å². The Bertz CT molecular complexity index is 500. The lowest BCUT2D eigenvalue weighted by atomic mass is 10.2. The maximum Gasteiger partial charge on any atom is 0.261 e. The molecule has 0 bridgehead atoms. The first-order chi connectivity index (χ1) is 9.40. The average molecular weight is 367 g/mol. The molecule has 110 valence electrons. The van der Waals surface area contributed by atoms with Crippen molar-refractivity contribution in [1.29, 1.82) is 0 Å². The van der Waals surface area contributed by atoms with Crippen molar-refractivity contribution in [2.45, 2.75) is 12.8 Å². The molecule has 1 aromatic carbocycles. The fourth-order valence-corrected chi connectivity index (χ4v) is 1.92. The summed E-state index contributed by atoms with van der Waals surface area (Å²) in [4.78, 5) is 11.8. The molecule has 0 aliphatic heterocycles. The molecule has 4 nitrogen and oxygen atoms in total. The molecular formula is C12H13BrF2N2O2S. The number of hydrogen-bond donors (Lipinski definition) is 2. The van der Waals surface area contributed by atoms with Gasteiger partial charge >= 0.3 is 0 Å². The summed E-state index contributed by atoms with van der Waals surface area (Å²) in [6, 6.07) is 5.01. The van der Waals surface area contributed by atoms with Crippen molar-refractivity contribution in [3.63, 3.8) is 0 Å². The van der Waals surface area contributed by atoms with Crippen LogP contribution in [0.15, 0.2) is 22.7 Å². The van der Waals surface area contributed by atoms with Crippen molar-refractivity contribution in [2.75, 3.05) is 18.5 Å². The maximum atomic E-state index is 11.8. The molecular weight excluding hydrogens is 354 g/mol. The lowest BCUT2D eigenvalue weighted by Gasteiger charge is -2.09. The second kappa shape index (κ2) is 8.23. The molecule has 3 N–H and O–H groups in total. The molecule has 20 heavy (non-hydrogen) atoms. The zero-order valence-corrected chi connectivity index (χ0v) is 12.8. The third-order valence-electron chi connectivity index (χ3n) is 2.24. The third-order valence-corrected chi connectivity index (χ3v) is 3.14. The van der Waals surface area contributed by atoms with Crippen molar-refractivity contribution < 1.29 is 18.3 Å². The number of nitrogens with two attached hydrogens (primary N) is 1. The van der Waals surface area contributed by atoms with Crippen LogP contribution in [0.2, 0.25) is 0 Å². The van der Waals surface area contributed by atoms with Crippen LogP contribution in [-0.4, -0.2) is 30.5 Å². The Kier molecular flexibility index (Phi) is 6.97. The van der Waals surface area contributed by atoms with Gasteiger partial charge in [-0.2, -0.15) is 0 Å². The van der Waals surface area contributed by atoms with Crippen LogP contribution in [0.1, 0.15) is 12.0 Å². The molecule has 1 aromatic rings. The van der Waals surface area contributed by atoms with Crippen LogP contribution in [0, 0.1) is 0 Å². The van der Waals surface area contributed by atoms with Gasteiger partial charge in [0.2, 0.25) is 5.91 Å². The summed E-state index contributed by atoms with van der Waals surface area (Å²) < 4.78 is 28.9. The van der Waals surface area contributed by atoms with E-state index < -0.39 is 13.0 Å². The number of hydrogen-bond acceptors (Lipinski definition) is 3. The van der Waals surface area contributed by atoms with Crippen LogP contribution in [0.5, 0.6) is 0 Å². The van der Waals surface area contributed by atoms with E-state index in [-0.39, 0.29) is 23.9 Å². The first kappa shape index (κ1) is 16.9. The number of benzene rings is 1. The first-order valence-corrected chi connectivity index (χ1v) is 6.85. The Morgan fingerprint density at radius 1 is 1.50 bits per heavy atom. The highest BCUT2D eigenvalue weighted by Crippen LogP contribution is 2.23. The normalized spacial score (nSPS) is 10.6. The second-order valence-electron chi connectivity index (χ2n) is 3.82. The topological polar surface area (TPSA) is 64.3 Å². The van der Waals surface area contributed by atoms with E-state index in [1.807, 2.05) is 0 Å². The largest absolute Gasteiger partial charge is 0.389 e. The quantitative estimate of drug-likeness (QED) is 0.575. The minimum atomic E-state index is -2.53. The van der Waals surface area contributed by atoms with Gasteiger partial charge in [-0.15, -0.1) is 0 Å². The SMILES string of the molecule is NC(=S)c1ccc(NC(=O)CCOCC(F)F)c(Br)c1. The van der Waals surface area contributed by atoms with Crippen LogP contribution in [0.3, 0.4) is 0 Å². The lowest BCUT2D eigenvalue weighted by Crippen LogP contribution is -2.16. The van der Waals surface area contributed by atoms with Crippen LogP contribution in [0.25, 0.3) is 0 Å². The van der Waals surface area contributed by atoms with Gasteiger partial charge in [0.05, 0.1) is 18.7 Å². The van der Waals surface area contributed by atoms with Crippen molar-refractivity contribution in [1.82, 2.24) is 0 Å². The number of alkyl halides is 2. The first-order valence-electron chi connectivity index (χ1n) is 5.65. The van der Waals surface area contributed by atoms with Crippen LogP contribution < -0.4 is 11.1 Å². The summed E-state index contributed by atoms with van der Waals surface area (Å²) >= 11 is 8.12. The number of halogens is 3. The molecule has 0 aliphatic rings. The summed E-state index contributed by atoms with van der Waals surface area (Å²) in [5, 5.41) is 2.63. The molecule has 0 saturated heterocycles. The molecule has 1 rings (SSSR count). The molecule has 0 saturated carbocycles. The van der Waals surface area contributed by atoms with Crippen molar-refractivity contribution >= 4 is 44.7 Å². The molecule has 0 unspecified atom stereocenters. The molecule has 0 heterocycles. The van der Waals surface area contributed by atoms with Gasteiger partial charge in [-0.3, -0.25) is 4.79 Å². The Morgan fingerprint density at radius 2 is 2.20 bits per heavy atom. The van der Waals surface area contributed by atoms with E-state index in [0.29, 0.717) is 15.7 Å². The standard InChI is InChI=1S/C12H13BrF2N2O2S/c13-8-5-7(12(16)20)1-2-9(8)17-11(18)3-4-19-6-10(14)15/h1-2,5,10H,3-4,6H2,(H2,16,20)(H,17,18). The molecule has 0 spiro atoms. The summed E-state index contributed by atoms with van der Waals surface area (Å²) in [5.41, 5.74) is 6.70. The molecule has 8 heteroatoms. The van der Waals surface area contributed by atoms with Gasteiger partial charge in [0, 0.05) is 10.0 Å². The Labute approximate surface area is 128 Å². The van der Waals surface area contributed by atoms with E-state index >= 15 is 0 Å². The minimum absolute atomic E-state index is 0.00376. The van der Waals surface area contributed by atoms with Crippen LogP contribution >= 0.6 is 28.1 Å². The van der Waals surface area contributed by atoms with Crippen molar-refractivity contribution in [3.8, 4) is 0 Å². The zero-order valence-electron chi connectivity index (χ0n) is 10.4. The fourth-order valence-electron chi connectivity index (χ4n) is 1.32. The maximum absolute atomic E-state index is 11.8. The molecule has 0 fully saturated rings. The van der Waals surface area contributed by atoms with Gasteiger partial charge in [-0.05, 0) is 34.1 Å². The summed E-state index contributed by atoms with van der Waals surface area (Å²) in [6.45, 7) is -0.724. The number of rotatable bonds is 7. The summed E-state index contributed by atoms with van der Waals surface area (Å²) in [7, 11) is 0. The zero-order chi connectivity index (χ0) is 15.1. The van der Waals surface area contributed by atoms with E-state index in [1.54, 1.807) is 18.2 Å². The van der Waals surface area contributed by atoms with Gasteiger partial charge in [-0.1, -0.05) is 12.2 Å². The Hall–Kier alpha value is -1.12. The van der Waals surface area contributed by atoms with E-state index in [2.05, 4.69) is 26.0 Å². The number of ether oxygens (including phenoxy) is 1. The van der Waals surface area contributed by atoms with E-state index in [1.165, 1.54) is 0 Å². The van der Waals surface area contributed by atoms with E-state index in [4.69, 9.17) is 18.0 Å². The molecule has 1 amide bonds. The van der Waals surface area contributed by atoms with Crippen molar-refractivity contribution in [3.05, 3.63) is 28.2 Å². The van der Waals surface area contributed by atoms with E-state index in [9.17, 15) is 13.6 Å². The predicted octanol–water partition coefficient (Wildman–Crippen LogP) is 2.69. The van der Waals surface area contributed by atoms with Gasteiger partial charge in [0.25, 0.3) is 6.43 Å². The number of carbonyl (C=O) groups is 1. The van der Waals surface area contributed by atoms with Gasteiger partial charge in [0.1, 0.15) is 11.6 Å². The van der Waals surface area contributed by atoms with Crippen LogP contribution in [-0.2, 0) is 9.53 Å². The monoisotopic (exact) mass is 366 g/mol. The highest BCUT2D eigenvalue weighted by atomic mass is 79.9. The Morgan fingerprint density at radius 3 is 2.75 bits per heavy atom. The molecule has 0 aliphatic carbocycles. The smallest absolute Gasteiger partial charge is 0.261 e. The second-order valence-corrected chi connectivity index (χ2v) is 5.12. The fraction of sp³-hybridized carbons (Fsp3) is 0.333. The van der Waals surface area contributed by atoms with E-state index in [0.717, 1.165) is 0 Å². The van der Waals surface area contributed by atoms with Gasteiger partial charge < -0.3 is 15.8 Å². The number of amides is 1. The lowest BCUT2D eigenvalue weighted by molar-refractivity contribution is -0.117. The number of anilines is 1. The third kappa shape index (κ3) is 5.89. The number of thiocarbonyl (C=S) groups is 1. The molecule has 0 radical (unpaired) electrons. The number of nitrogens with one attached hydrogen (secondary N) is 1. The Balaban J connectivity index is 2.48. The minimum Gasteiger partial charge on any atom is -0.389 e.